The van der Waals surface area contributed by atoms with Crippen LogP contribution in [0.25, 0.3) is 10.8 Å². The Morgan fingerprint density at radius 3 is 2.64 bits per heavy atom. The first-order valence-corrected chi connectivity index (χ1v) is 7.65. The summed E-state index contributed by atoms with van der Waals surface area (Å²) in [5.41, 5.74) is 3.90. The molecule has 5 rings (SSSR count). The summed E-state index contributed by atoms with van der Waals surface area (Å²) in [5.74, 6) is 0.239. The molecule has 0 N–H and O–H groups in total. The number of nitrogens with zero attached hydrogens (tertiary/aromatic N) is 1. The van der Waals surface area contributed by atoms with Crippen LogP contribution in [0.1, 0.15) is 22.8 Å². The molecule has 1 atom stereocenters. The lowest BCUT2D eigenvalue weighted by Crippen LogP contribution is -2.42. The number of Topliss-reactive ketones (excluding diaryl/α,β-unsaturated/α-hetero) is 1. The summed E-state index contributed by atoms with van der Waals surface area (Å²) in [7, 11) is 0. The van der Waals surface area contributed by atoms with E-state index in [1.807, 2.05) is 18.2 Å². The SMILES string of the molecule is CC12Cc3ccc4ccccc4c3N1c1ccccc1C2=O. The average Bonchev–Trinajstić information content (AvgIpc) is 2.97. The van der Waals surface area contributed by atoms with Gasteiger partial charge in [-0.2, -0.15) is 0 Å². The van der Waals surface area contributed by atoms with Crippen molar-refractivity contribution in [1.82, 2.24) is 0 Å². The topological polar surface area (TPSA) is 20.3 Å². The van der Waals surface area contributed by atoms with E-state index in [1.165, 1.54) is 22.0 Å². The molecule has 0 saturated carbocycles. The predicted octanol–water partition coefficient (Wildman–Crippen LogP) is 4.49. The monoisotopic (exact) mass is 285 g/mol. The highest BCUT2D eigenvalue weighted by atomic mass is 16.1. The van der Waals surface area contributed by atoms with Crippen LogP contribution in [0.2, 0.25) is 0 Å². The van der Waals surface area contributed by atoms with Gasteiger partial charge in [0, 0.05) is 17.4 Å². The molecule has 2 heteroatoms. The third kappa shape index (κ3) is 1.24. The lowest BCUT2D eigenvalue weighted by atomic mass is 9.91. The Hall–Kier alpha value is -2.61. The Morgan fingerprint density at radius 2 is 1.73 bits per heavy atom. The standard InChI is InChI=1S/C20H15NO/c1-20-12-14-11-10-13-6-2-3-7-15(13)18(14)21(20)17-9-5-4-8-16(17)19(20)22/h2-11H,12H2,1H3. The van der Waals surface area contributed by atoms with Crippen LogP contribution < -0.4 is 4.90 Å². The normalized spacial score (nSPS) is 21.9. The van der Waals surface area contributed by atoms with E-state index in [9.17, 15) is 4.79 Å². The molecule has 0 bridgehead atoms. The predicted molar refractivity (Wildman–Crippen MR) is 89.0 cm³/mol. The van der Waals surface area contributed by atoms with Crippen molar-refractivity contribution >= 4 is 27.9 Å². The van der Waals surface area contributed by atoms with Crippen molar-refractivity contribution in [3.05, 3.63) is 71.8 Å². The number of ketones is 1. The highest BCUT2D eigenvalue weighted by Gasteiger charge is 2.53. The minimum atomic E-state index is -0.476. The summed E-state index contributed by atoms with van der Waals surface area (Å²) >= 11 is 0. The second-order valence-corrected chi connectivity index (χ2v) is 6.43. The molecule has 0 spiro atoms. The number of benzene rings is 3. The Labute approximate surface area is 129 Å². The molecule has 0 aliphatic carbocycles. The van der Waals surface area contributed by atoms with Crippen LogP contribution in [0.5, 0.6) is 0 Å². The van der Waals surface area contributed by atoms with E-state index in [2.05, 4.69) is 54.3 Å². The second-order valence-electron chi connectivity index (χ2n) is 6.43. The third-order valence-corrected chi connectivity index (χ3v) is 5.11. The van der Waals surface area contributed by atoms with Crippen LogP contribution in [0.4, 0.5) is 11.4 Å². The zero-order valence-corrected chi connectivity index (χ0v) is 12.3. The molecule has 106 valence electrons. The van der Waals surface area contributed by atoms with Gasteiger partial charge < -0.3 is 4.90 Å². The van der Waals surface area contributed by atoms with E-state index in [-0.39, 0.29) is 5.78 Å². The minimum absolute atomic E-state index is 0.239. The van der Waals surface area contributed by atoms with E-state index >= 15 is 0 Å². The molecular weight excluding hydrogens is 270 g/mol. The van der Waals surface area contributed by atoms with Crippen LogP contribution in [0.3, 0.4) is 0 Å². The zero-order chi connectivity index (χ0) is 14.9. The number of para-hydroxylation sites is 1. The highest BCUT2D eigenvalue weighted by molar-refractivity contribution is 6.19. The smallest absolute Gasteiger partial charge is 0.190 e. The van der Waals surface area contributed by atoms with Gasteiger partial charge >= 0.3 is 0 Å². The summed E-state index contributed by atoms with van der Waals surface area (Å²) < 4.78 is 0. The fourth-order valence-electron chi connectivity index (χ4n) is 4.12. The van der Waals surface area contributed by atoms with Crippen LogP contribution in [0.15, 0.2) is 60.7 Å². The molecule has 22 heavy (non-hydrogen) atoms. The lowest BCUT2D eigenvalue weighted by molar-refractivity contribution is 0.0923. The van der Waals surface area contributed by atoms with Crippen molar-refractivity contribution in [1.29, 1.82) is 0 Å². The maximum atomic E-state index is 13.0. The number of carbonyl (C=O) groups excluding carboxylic acids is 1. The number of fused-ring (bicyclic) bond motifs is 7. The summed E-state index contributed by atoms with van der Waals surface area (Å²) in [4.78, 5) is 15.2. The van der Waals surface area contributed by atoms with Crippen molar-refractivity contribution in [2.45, 2.75) is 18.9 Å². The fraction of sp³-hybridized carbons (Fsp3) is 0.150. The molecule has 0 fully saturated rings. The molecule has 2 aliphatic rings. The van der Waals surface area contributed by atoms with Gasteiger partial charge in [-0.05, 0) is 30.0 Å². The Bertz CT molecular complexity index is 959. The van der Waals surface area contributed by atoms with E-state index in [4.69, 9.17) is 0 Å². The van der Waals surface area contributed by atoms with Gasteiger partial charge in [0.15, 0.2) is 5.78 Å². The molecule has 0 saturated heterocycles. The molecule has 3 aromatic carbocycles. The van der Waals surface area contributed by atoms with Crippen LogP contribution in [-0.4, -0.2) is 11.3 Å². The van der Waals surface area contributed by atoms with Gasteiger partial charge in [-0.15, -0.1) is 0 Å². The number of anilines is 2. The van der Waals surface area contributed by atoms with Crippen molar-refractivity contribution in [2.75, 3.05) is 4.90 Å². The van der Waals surface area contributed by atoms with Crippen molar-refractivity contribution < 1.29 is 4.79 Å². The van der Waals surface area contributed by atoms with Crippen LogP contribution in [0, 0.1) is 0 Å². The number of rotatable bonds is 0. The van der Waals surface area contributed by atoms with Gasteiger partial charge in [-0.25, -0.2) is 0 Å². The van der Waals surface area contributed by atoms with Gasteiger partial charge in [0.05, 0.1) is 11.4 Å². The summed E-state index contributed by atoms with van der Waals surface area (Å²) in [6.07, 6.45) is 0.778. The summed E-state index contributed by atoms with van der Waals surface area (Å²) in [5, 5.41) is 2.45. The minimum Gasteiger partial charge on any atom is -0.326 e. The molecule has 0 aromatic heterocycles. The van der Waals surface area contributed by atoms with Crippen molar-refractivity contribution in [2.24, 2.45) is 0 Å². The highest BCUT2D eigenvalue weighted by Crippen LogP contribution is 2.53. The Morgan fingerprint density at radius 1 is 0.955 bits per heavy atom. The fourth-order valence-corrected chi connectivity index (χ4v) is 4.12. The van der Waals surface area contributed by atoms with Gasteiger partial charge in [-0.1, -0.05) is 48.5 Å². The number of hydrogen-bond acceptors (Lipinski definition) is 2. The van der Waals surface area contributed by atoms with E-state index in [0.29, 0.717) is 0 Å². The van der Waals surface area contributed by atoms with Crippen molar-refractivity contribution in [3.8, 4) is 0 Å². The van der Waals surface area contributed by atoms with E-state index in [0.717, 1.165) is 17.7 Å². The van der Waals surface area contributed by atoms with Crippen LogP contribution >= 0.6 is 0 Å². The summed E-state index contributed by atoms with van der Waals surface area (Å²) in [6, 6.07) is 20.7. The first kappa shape index (κ1) is 12.0. The van der Waals surface area contributed by atoms with E-state index < -0.39 is 5.54 Å². The van der Waals surface area contributed by atoms with Gasteiger partial charge in [0.1, 0.15) is 5.54 Å². The Kier molecular flexibility index (Phi) is 2.06. The molecule has 0 radical (unpaired) electrons. The molecule has 2 aliphatic heterocycles. The third-order valence-electron chi connectivity index (χ3n) is 5.11. The van der Waals surface area contributed by atoms with Crippen LogP contribution in [-0.2, 0) is 6.42 Å². The largest absolute Gasteiger partial charge is 0.326 e. The van der Waals surface area contributed by atoms with Gasteiger partial charge in [0.2, 0.25) is 0 Å². The molecule has 0 amide bonds. The maximum Gasteiger partial charge on any atom is 0.190 e. The molecule has 2 nitrogen and oxygen atoms in total. The first-order valence-electron chi connectivity index (χ1n) is 7.65. The number of carbonyl (C=O) groups is 1. The first-order chi connectivity index (χ1) is 10.7. The van der Waals surface area contributed by atoms with Gasteiger partial charge in [0.25, 0.3) is 0 Å². The maximum absolute atomic E-state index is 13.0. The lowest BCUT2D eigenvalue weighted by Gasteiger charge is -2.29. The zero-order valence-electron chi connectivity index (χ0n) is 12.3. The summed E-state index contributed by atoms with van der Waals surface area (Å²) in [6.45, 7) is 2.07. The number of hydrogen-bond donors (Lipinski definition) is 0. The quantitative estimate of drug-likeness (QED) is 0.606. The second kappa shape index (κ2) is 3.77. The molecule has 3 aromatic rings. The average molecular weight is 285 g/mol. The van der Waals surface area contributed by atoms with E-state index in [1.54, 1.807) is 0 Å². The molecular formula is C20H15NO. The Balaban J connectivity index is 1.90. The van der Waals surface area contributed by atoms with Gasteiger partial charge in [-0.3, -0.25) is 4.79 Å². The van der Waals surface area contributed by atoms with Crippen molar-refractivity contribution in [3.63, 3.8) is 0 Å². The molecule has 2 heterocycles. The molecule has 1 unspecified atom stereocenters.